The van der Waals surface area contributed by atoms with Crippen molar-refractivity contribution in [3.8, 4) is 5.75 Å². The lowest BCUT2D eigenvalue weighted by Crippen LogP contribution is -2.31. The number of ether oxygens (including phenoxy) is 1. The zero-order chi connectivity index (χ0) is 17.8. The first-order chi connectivity index (χ1) is 12.0. The van der Waals surface area contributed by atoms with Crippen LogP contribution in [-0.4, -0.2) is 23.5 Å². The fraction of sp³-hybridized carbons (Fsp3) is 0.263. The van der Waals surface area contributed by atoms with Gasteiger partial charge in [-0.25, -0.2) is 4.98 Å². The molecule has 0 aliphatic rings. The van der Waals surface area contributed by atoms with Crippen molar-refractivity contribution in [2.45, 2.75) is 26.8 Å². The largest absolute Gasteiger partial charge is 0.494 e. The van der Waals surface area contributed by atoms with E-state index in [4.69, 9.17) is 9.15 Å². The molecular weight excluding hydrogens is 318 g/mol. The molecule has 0 unspecified atom stereocenters. The lowest BCUT2D eigenvalue weighted by molar-refractivity contribution is -0.116. The number of carbonyl (C=O) groups excluding carboxylic acids is 1. The monoisotopic (exact) mass is 339 g/mol. The van der Waals surface area contributed by atoms with E-state index >= 15 is 0 Å². The Morgan fingerprint density at radius 2 is 1.92 bits per heavy atom. The van der Waals surface area contributed by atoms with Crippen molar-refractivity contribution < 1.29 is 13.9 Å². The second-order valence-electron chi connectivity index (χ2n) is 5.73. The maximum atomic E-state index is 12.4. The van der Waals surface area contributed by atoms with Crippen LogP contribution in [0.25, 0.3) is 11.1 Å². The van der Waals surface area contributed by atoms with Crippen LogP contribution in [0.4, 0.5) is 11.4 Å². The number of aryl methyl sites for hydroxylation is 1. The third-order valence-corrected chi connectivity index (χ3v) is 3.70. The van der Waals surface area contributed by atoms with E-state index in [-0.39, 0.29) is 5.91 Å². The molecule has 6 nitrogen and oxygen atoms in total. The lowest BCUT2D eigenvalue weighted by atomic mass is 10.2. The van der Waals surface area contributed by atoms with Crippen LogP contribution in [-0.2, 0) is 4.79 Å². The molecule has 1 amide bonds. The Morgan fingerprint density at radius 3 is 2.64 bits per heavy atom. The van der Waals surface area contributed by atoms with Crippen molar-refractivity contribution in [3.63, 3.8) is 0 Å². The van der Waals surface area contributed by atoms with Gasteiger partial charge >= 0.3 is 0 Å². The van der Waals surface area contributed by atoms with Gasteiger partial charge in [0.05, 0.1) is 6.61 Å². The fourth-order valence-corrected chi connectivity index (χ4v) is 2.50. The van der Waals surface area contributed by atoms with Gasteiger partial charge in [-0.2, -0.15) is 0 Å². The summed E-state index contributed by atoms with van der Waals surface area (Å²) in [5.74, 6) is 1.27. The van der Waals surface area contributed by atoms with E-state index in [0.29, 0.717) is 12.5 Å². The maximum absolute atomic E-state index is 12.4. The van der Waals surface area contributed by atoms with Crippen LogP contribution >= 0.6 is 0 Å². The standard InChI is InChI=1S/C19H21N3O3/c1-4-24-16-8-5-14(6-9-16)22-19(23)12(2)20-15-7-10-18-17(11-15)21-13(3)25-18/h5-12,20H,4H2,1-3H3,(H,22,23)/t12-/m0/s1. The molecule has 0 saturated carbocycles. The normalized spacial score (nSPS) is 12.0. The SMILES string of the molecule is CCOc1ccc(NC(=O)[C@H](C)Nc2ccc3oc(C)nc3c2)cc1. The predicted molar refractivity (Wildman–Crippen MR) is 98.1 cm³/mol. The average Bonchev–Trinajstić information content (AvgIpc) is 2.96. The maximum Gasteiger partial charge on any atom is 0.246 e. The molecule has 1 heterocycles. The van der Waals surface area contributed by atoms with Gasteiger partial charge < -0.3 is 19.8 Å². The molecule has 0 aliphatic heterocycles. The highest BCUT2D eigenvalue weighted by Crippen LogP contribution is 2.21. The zero-order valence-electron chi connectivity index (χ0n) is 14.5. The minimum absolute atomic E-state index is 0.124. The number of rotatable bonds is 6. The minimum atomic E-state index is -0.406. The Hall–Kier alpha value is -3.02. The van der Waals surface area contributed by atoms with Crippen molar-refractivity contribution in [1.29, 1.82) is 0 Å². The van der Waals surface area contributed by atoms with Gasteiger partial charge in [-0.05, 0) is 56.3 Å². The summed E-state index contributed by atoms with van der Waals surface area (Å²) in [7, 11) is 0. The second kappa shape index (κ2) is 7.25. The topological polar surface area (TPSA) is 76.4 Å². The van der Waals surface area contributed by atoms with Crippen LogP contribution in [0.3, 0.4) is 0 Å². The van der Waals surface area contributed by atoms with Crippen LogP contribution in [0.15, 0.2) is 46.9 Å². The molecule has 0 bridgehead atoms. The van der Waals surface area contributed by atoms with Gasteiger partial charge in [-0.3, -0.25) is 4.79 Å². The number of anilines is 2. The summed E-state index contributed by atoms with van der Waals surface area (Å²) < 4.78 is 10.8. The number of amides is 1. The van der Waals surface area contributed by atoms with Gasteiger partial charge in [0.25, 0.3) is 0 Å². The summed E-state index contributed by atoms with van der Waals surface area (Å²) >= 11 is 0. The number of fused-ring (bicyclic) bond motifs is 1. The number of nitrogens with zero attached hydrogens (tertiary/aromatic N) is 1. The van der Waals surface area contributed by atoms with Crippen molar-refractivity contribution >= 4 is 28.4 Å². The first-order valence-electron chi connectivity index (χ1n) is 8.22. The van der Waals surface area contributed by atoms with E-state index < -0.39 is 6.04 Å². The van der Waals surface area contributed by atoms with Gasteiger partial charge in [-0.1, -0.05) is 0 Å². The Balaban J connectivity index is 1.62. The van der Waals surface area contributed by atoms with Gasteiger partial charge in [0.15, 0.2) is 11.5 Å². The summed E-state index contributed by atoms with van der Waals surface area (Å²) in [4.78, 5) is 16.7. The van der Waals surface area contributed by atoms with E-state index in [2.05, 4.69) is 15.6 Å². The molecule has 0 saturated heterocycles. The number of oxazole rings is 1. The van der Waals surface area contributed by atoms with Crippen LogP contribution in [0.2, 0.25) is 0 Å². The highest BCUT2D eigenvalue weighted by molar-refractivity contribution is 5.96. The van der Waals surface area contributed by atoms with Gasteiger partial charge in [0.1, 0.15) is 17.3 Å². The Kier molecular flexibility index (Phi) is 4.88. The quantitative estimate of drug-likeness (QED) is 0.710. The van der Waals surface area contributed by atoms with Crippen molar-refractivity contribution in [3.05, 3.63) is 48.4 Å². The summed E-state index contributed by atoms with van der Waals surface area (Å²) in [6.45, 7) is 6.16. The number of hydrogen-bond acceptors (Lipinski definition) is 5. The molecule has 2 aromatic carbocycles. The number of carbonyl (C=O) groups is 1. The van der Waals surface area contributed by atoms with Gasteiger partial charge in [0, 0.05) is 18.3 Å². The molecule has 130 valence electrons. The Bertz CT molecular complexity index is 871. The molecule has 0 aliphatic carbocycles. The van der Waals surface area contributed by atoms with Crippen molar-refractivity contribution in [2.24, 2.45) is 0 Å². The molecule has 3 aromatic rings. The summed E-state index contributed by atoms with van der Waals surface area (Å²) in [6.07, 6.45) is 0. The van der Waals surface area contributed by atoms with Crippen LogP contribution in [0.1, 0.15) is 19.7 Å². The molecule has 1 atom stereocenters. The Morgan fingerprint density at radius 1 is 1.20 bits per heavy atom. The van der Waals surface area contributed by atoms with E-state index in [9.17, 15) is 4.79 Å². The molecule has 0 spiro atoms. The first kappa shape index (κ1) is 16.8. The van der Waals surface area contributed by atoms with Gasteiger partial charge in [-0.15, -0.1) is 0 Å². The van der Waals surface area contributed by atoms with Crippen LogP contribution in [0.5, 0.6) is 5.75 Å². The predicted octanol–water partition coefficient (Wildman–Crippen LogP) is 3.97. The summed E-state index contributed by atoms with van der Waals surface area (Å²) in [5, 5.41) is 6.06. The Labute approximate surface area is 146 Å². The van der Waals surface area contributed by atoms with Crippen molar-refractivity contribution in [1.82, 2.24) is 4.98 Å². The fourth-order valence-electron chi connectivity index (χ4n) is 2.50. The number of nitrogens with one attached hydrogen (secondary N) is 2. The zero-order valence-corrected chi connectivity index (χ0v) is 14.5. The van der Waals surface area contributed by atoms with E-state index in [0.717, 1.165) is 28.2 Å². The average molecular weight is 339 g/mol. The highest BCUT2D eigenvalue weighted by Gasteiger charge is 2.13. The van der Waals surface area contributed by atoms with E-state index in [1.807, 2.05) is 56.3 Å². The third-order valence-electron chi connectivity index (χ3n) is 3.70. The third kappa shape index (κ3) is 4.09. The van der Waals surface area contributed by atoms with Crippen molar-refractivity contribution in [2.75, 3.05) is 17.2 Å². The highest BCUT2D eigenvalue weighted by atomic mass is 16.5. The lowest BCUT2D eigenvalue weighted by Gasteiger charge is -2.15. The number of hydrogen-bond donors (Lipinski definition) is 2. The van der Waals surface area contributed by atoms with Crippen LogP contribution < -0.4 is 15.4 Å². The minimum Gasteiger partial charge on any atom is -0.494 e. The molecule has 1 aromatic heterocycles. The van der Waals surface area contributed by atoms with E-state index in [1.165, 1.54) is 0 Å². The summed E-state index contributed by atoms with van der Waals surface area (Å²) in [5.41, 5.74) is 3.04. The molecule has 3 rings (SSSR count). The molecule has 0 fully saturated rings. The molecule has 2 N–H and O–H groups in total. The molecular formula is C19H21N3O3. The summed E-state index contributed by atoms with van der Waals surface area (Å²) in [6, 6.07) is 12.5. The second-order valence-corrected chi connectivity index (χ2v) is 5.73. The smallest absolute Gasteiger partial charge is 0.246 e. The van der Waals surface area contributed by atoms with Crippen LogP contribution in [0, 0.1) is 6.92 Å². The molecule has 6 heteroatoms. The van der Waals surface area contributed by atoms with Gasteiger partial charge in [0.2, 0.25) is 5.91 Å². The number of aromatic nitrogens is 1. The molecule has 25 heavy (non-hydrogen) atoms. The van der Waals surface area contributed by atoms with E-state index in [1.54, 1.807) is 6.92 Å². The first-order valence-corrected chi connectivity index (χ1v) is 8.22. The number of benzene rings is 2. The molecule has 0 radical (unpaired) electrons.